The number of para-hydroxylation sites is 2. The van der Waals surface area contributed by atoms with E-state index in [1.54, 1.807) is 23.1 Å². The van der Waals surface area contributed by atoms with E-state index in [-0.39, 0.29) is 5.75 Å². The van der Waals surface area contributed by atoms with Gasteiger partial charge in [0, 0.05) is 5.69 Å². The van der Waals surface area contributed by atoms with Crippen LogP contribution in [0.25, 0.3) is 15.9 Å². The Kier molecular flexibility index (Phi) is 6.31. The summed E-state index contributed by atoms with van der Waals surface area (Å²) in [7, 11) is 0. The summed E-state index contributed by atoms with van der Waals surface area (Å²) in [5, 5.41) is 11.2. The highest BCUT2D eigenvalue weighted by molar-refractivity contribution is 8.00. The summed E-state index contributed by atoms with van der Waals surface area (Å²) in [4.78, 5) is 27.3. The number of fused-ring (bicyclic) bond motifs is 1. The second-order valence-electron chi connectivity index (χ2n) is 6.01. The van der Waals surface area contributed by atoms with Crippen LogP contribution in [0.4, 0.5) is 4.79 Å². The van der Waals surface area contributed by atoms with E-state index >= 15 is 0 Å². The Morgan fingerprint density at radius 2 is 1.80 bits per heavy atom. The molecular formula is C19H16N6O2S3. The lowest BCUT2D eigenvalue weighted by atomic mass is 10.3. The summed E-state index contributed by atoms with van der Waals surface area (Å²) in [5.41, 5.74) is 6.86. The van der Waals surface area contributed by atoms with Gasteiger partial charge in [0.15, 0.2) is 9.50 Å². The van der Waals surface area contributed by atoms with Gasteiger partial charge >= 0.3 is 6.03 Å². The molecule has 11 heteroatoms. The molecule has 2 heterocycles. The van der Waals surface area contributed by atoms with Gasteiger partial charge < -0.3 is 5.73 Å². The van der Waals surface area contributed by atoms with Crippen LogP contribution in [0.5, 0.6) is 0 Å². The highest BCUT2D eigenvalue weighted by Crippen LogP contribution is 2.32. The summed E-state index contributed by atoms with van der Waals surface area (Å²) in [6.45, 7) is 0. The Morgan fingerprint density at radius 3 is 2.57 bits per heavy atom. The molecule has 0 unspecified atom stereocenters. The first-order valence-corrected chi connectivity index (χ1v) is 11.6. The van der Waals surface area contributed by atoms with Gasteiger partial charge in [0.25, 0.3) is 0 Å². The molecule has 0 saturated heterocycles. The second kappa shape index (κ2) is 9.28. The summed E-state index contributed by atoms with van der Waals surface area (Å²) in [6, 6.07) is 16.8. The van der Waals surface area contributed by atoms with Crippen molar-refractivity contribution in [2.45, 2.75) is 15.2 Å². The number of nitrogens with zero attached hydrogens (tertiary/aromatic N) is 4. The van der Waals surface area contributed by atoms with E-state index in [2.05, 4.69) is 21.2 Å². The third kappa shape index (κ3) is 4.81. The first-order chi connectivity index (χ1) is 14.6. The smallest absolute Gasteiger partial charge is 0.318 e. The van der Waals surface area contributed by atoms with Gasteiger partial charge in [-0.05, 0) is 24.3 Å². The van der Waals surface area contributed by atoms with Gasteiger partial charge in [0.1, 0.15) is 5.82 Å². The van der Waals surface area contributed by atoms with Crippen molar-refractivity contribution < 1.29 is 9.59 Å². The first kappa shape index (κ1) is 20.4. The molecule has 30 heavy (non-hydrogen) atoms. The lowest BCUT2D eigenvalue weighted by Gasteiger charge is -2.09. The molecule has 4 rings (SSSR count). The van der Waals surface area contributed by atoms with E-state index < -0.39 is 11.9 Å². The van der Waals surface area contributed by atoms with Crippen LogP contribution in [-0.2, 0) is 10.5 Å². The van der Waals surface area contributed by atoms with E-state index in [0.29, 0.717) is 10.9 Å². The number of benzene rings is 2. The SMILES string of the molecule is NC(=O)NC(=O)CSc1nnc(CSc2nc3ccccc3s2)n1-c1ccccc1. The van der Waals surface area contributed by atoms with Crippen molar-refractivity contribution in [3.63, 3.8) is 0 Å². The molecule has 4 aromatic rings. The predicted molar refractivity (Wildman–Crippen MR) is 119 cm³/mol. The monoisotopic (exact) mass is 456 g/mol. The van der Waals surface area contributed by atoms with Gasteiger partial charge in [-0.25, -0.2) is 9.78 Å². The molecule has 3 N–H and O–H groups in total. The molecule has 0 spiro atoms. The van der Waals surface area contributed by atoms with Crippen molar-refractivity contribution in [1.29, 1.82) is 0 Å². The van der Waals surface area contributed by atoms with Crippen molar-refractivity contribution in [2.75, 3.05) is 5.75 Å². The average Bonchev–Trinajstić information content (AvgIpc) is 3.34. The molecule has 152 valence electrons. The molecule has 0 aliphatic rings. The van der Waals surface area contributed by atoms with Gasteiger partial charge in [0.05, 0.1) is 21.7 Å². The van der Waals surface area contributed by atoms with E-state index in [1.165, 1.54) is 11.8 Å². The lowest BCUT2D eigenvalue weighted by molar-refractivity contribution is -0.117. The number of hydrogen-bond acceptors (Lipinski definition) is 8. The zero-order chi connectivity index (χ0) is 20.9. The van der Waals surface area contributed by atoms with Crippen LogP contribution in [0.15, 0.2) is 64.1 Å². The van der Waals surface area contributed by atoms with Crippen molar-refractivity contribution >= 4 is 57.0 Å². The number of imide groups is 1. The maximum Gasteiger partial charge on any atom is 0.318 e. The molecule has 0 bridgehead atoms. The molecule has 0 radical (unpaired) electrons. The third-order valence-electron chi connectivity index (χ3n) is 3.91. The number of nitrogens with two attached hydrogens (primary N) is 1. The van der Waals surface area contributed by atoms with Gasteiger partial charge in [-0.3, -0.25) is 14.7 Å². The molecule has 0 atom stereocenters. The predicted octanol–water partition coefficient (Wildman–Crippen LogP) is 3.46. The Hall–Kier alpha value is -2.89. The number of carbonyl (C=O) groups is 2. The minimum absolute atomic E-state index is 0.00107. The molecule has 0 saturated carbocycles. The number of thioether (sulfide) groups is 2. The lowest BCUT2D eigenvalue weighted by Crippen LogP contribution is -2.36. The Labute approximate surface area is 184 Å². The van der Waals surface area contributed by atoms with Crippen LogP contribution in [0.3, 0.4) is 0 Å². The van der Waals surface area contributed by atoms with Crippen LogP contribution in [0, 0.1) is 0 Å². The quantitative estimate of drug-likeness (QED) is 0.409. The summed E-state index contributed by atoms with van der Waals surface area (Å²) >= 11 is 4.41. The van der Waals surface area contributed by atoms with E-state index in [1.807, 2.05) is 58.4 Å². The van der Waals surface area contributed by atoms with Gasteiger partial charge in [-0.2, -0.15) is 0 Å². The fraction of sp³-hybridized carbons (Fsp3) is 0.105. The number of aromatic nitrogens is 4. The molecule has 8 nitrogen and oxygen atoms in total. The second-order valence-corrected chi connectivity index (χ2v) is 9.20. The van der Waals surface area contributed by atoms with Crippen molar-refractivity contribution in [3.05, 3.63) is 60.4 Å². The van der Waals surface area contributed by atoms with E-state index in [4.69, 9.17) is 5.73 Å². The number of thiazole rings is 1. The number of primary amides is 1. The van der Waals surface area contributed by atoms with E-state index in [0.717, 1.165) is 26.1 Å². The molecule has 0 fully saturated rings. The molecule has 0 aliphatic heterocycles. The highest BCUT2D eigenvalue weighted by atomic mass is 32.2. The fourth-order valence-corrected chi connectivity index (χ4v) is 5.42. The highest BCUT2D eigenvalue weighted by Gasteiger charge is 2.17. The molecule has 2 aromatic heterocycles. The molecule has 2 aromatic carbocycles. The molecule has 3 amide bonds. The van der Waals surface area contributed by atoms with Gasteiger partial charge in [0.2, 0.25) is 5.91 Å². The zero-order valence-electron chi connectivity index (χ0n) is 15.5. The maximum absolute atomic E-state index is 11.8. The van der Waals surface area contributed by atoms with E-state index in [9.17, 15) is 9.59 Å². The molecule has 0 aliphatic carbocycles. The van der Waals surface area contributed by atoms with Gasteiger partial charge in [-0.15, -0.1) is 21.5 Å². The van der Waals surface area contributed by atoms with Crippen molar-refractivity contribution in [1.82, 2.24) is 25.1 Å². The largest absolute Gasteiger partial charge is 0.351 e. The minimum Gasteiger partial charge on any atom is -0.351 e. The summed E-state index contributed by atoms with van der Waals surface area (Å²) in [5.74, 6) is 0.818. The molecular weight excluding hydrogens is 440 g/mol. The third-order valence-corrected chi connectivity index (χ3v) is 7.01. The minimum atomic E-state index is -0.877. The Bertz CT molecular complexity index is 1160. The number of amides is 3. The van der Waals surface area contributed by atoms with Crippen LogP contribution in [-0.4, -0.2) is 37.4 Å². The van der Waals surface area contributed by atoms with Crippen molar-refractivity contribution in [3.8, 4) is 5.69 Å². The van der Waals surface area contributed by atoms with Crippen LogP contribution >= 0.6 is 34.9 Å². The normalized spacial score (nSPS) is 10.9. The number of urea groups is 1. The Morgan fingerprint density at radius 1 is 1.03 bits per heavy atom. The fourth-order valence-electron chi connectivity index (χ4n) is 2.67. The number of nitrogens with one attached hydrogen (secondary N) is 1. The van der Waals surface area contributed by atoms with Crippen LogP contribution in [0.2, 0.25) is 0 Å². The number of carbonyl (C=O) groups excluding carboxylic acids is 2. The standard InChI is InChI=1S/C19H16N6O2S3/c20-17(27)22-16(26)11-28-18-24-23-15(25(18)12-6-2-1-3-7-12)10-29-19-21-13-8-4-5-9-14(13)30-19/h1-9H,10-11H2,(H3,20,22,26,27). The summed E-state index contributed by atoms with van der Waals surface area (Å²) < 4.78 is 4.00. The number of rotatable bonds is 7. The van der Waals surface area contributed by atoms with Crippen LogP contribution < -0.4 is 11.1 Å². The van der Waals surface area contributed by atoms with Crippen molar-refractivity contribution in [2.24, 2.45) is 5.73 Å². The maximum atomic E-state index is 11.8. The topological polar surface area (TPSA) is 116 Å². The number of hydrogen-bond donors (Lipinski definition) is 2. The Balaban J connectivity index is 1.55. The summed E-state index contributed by atoms with van der Waals surface area (Å²) in [6.07, 6.45) is 0. The van der Waals surface area contributed by atoms with Crippen LogP contribution in [0.1, 0.15) is 5.82 Å². The van der Waals surface area contributed by atoms with Gasteiger partial charge in [-0.1, -0.05) is 53.9 Å². The average molecular weight is 457 g/mol. The first-order valence-electron chi connectivity index (χ1n) is 8.80. The zero-order valence-corrected chi connectivity index (χ0v) is 18.0.